The molecule has 13 heteroatoms. The summed E-state index contributed by atoms with van der Waals surface area (Å²) in [6.45, 7) is 15.9. The van der Waals surface area contributed by atoms with E-state index in [9.17, 15) is 4.39 Å². The second-order valence-corrected chi connectivity index (χ2v) is 22.9. The van der Waals surface area contributed by atoms with E-state index in [-0.39, 0.29) is 48.3 Å². The van der Waals surface area contributed by atoms with E-state index in [0.29, 0.717) is 76.0 Å². The second-order valence-electron chi connectivity index (χ2n) is 17.3. The van der Waals surface area contributed by atoms with E-state index in [1.54, 1.807) is 24.4 Å². The molecule has 5 heterocycles. The minimum atomic E-state index is -2.29. The van der Waals surface area contributed by atoms with Crippen molar-refractivity contribution in [3.63, 3.8) is 0 Å². The summed E-state index contributed by atoms with van der Waals surface area (Å²) in [5, 5.41) is 1.50. The Morgan fingerprint density at radius 3 is 2.56 bits per heavy atom. The number of alkyl halides is 1. The zero-order chi connectivity index (χ0) is 40.2. The van der Waals surface area contributed by atoms with Crippen LogP contribution in [0.4, 0.5) is 19.0 Å². The van der Waals surface area contributed by atoms with E-state index in [4.69, 9.17) is 33.9 Å². The average Bonchev–Trinajstić information content (AvgIpc) is 3.78. The van der Waals surface area contributed by atoms with Crippen molar-refractivity contribution in [1.82, 2.24) is 19.9 Å². The molecule has 0 spiro atoms. The van der Waals surface area contributed by atoms with Gasteiger partial charge in [0.1, 0.15) is 49.4 Å². The Morgan fingerprint density at radius 2 is 1.81 bits per heavy atom. The topological polar surface area (TPSA) is 82.1 Å². The van der Waals surface area contributed by atoms with Crippen LogP contribution in [0.3, 0.4) is 0 Å². The molecule has 4 aliphatic rings. The molecule has 0 radical (unpaired) electrons. The highest BCUT2D eigenvalue weighted by molar-refractivity contribution is 6.90. The van der Waals surface area contributed by atoms with Gasteiger partial charge in [-0.05, 0) is 72.4 Å². The lowest BCUT2D eigenvalue weighted by Crippen LogP contribution is -2.43. The van der Waals surface area contributed by atoms with Crippen LogP contribution in [0.25, 0.3) is 32.9 Å². The number of nitrogens with zero attached hydrogens (tertiary/aromatic N) is 5. The molecular weight excluding hydrogens is 748 g/mol. The Bertz CT molecular complexity index is 2210. The van der Waals surface area contributed by atoms with Gasteiger partial charge in [0.25, 0.3) is 0 Å². The third-order valence-electron chi connectivity index (χ3n) is 13.0. The van der Waals surface area contributed by atoms with Crippen molar-refractivity contribution >= 4 is 35.6 Å². The van der Waals surface area contributed by atoms with Gasteiger partial charge in [-0.1, -0.05) is 53.5 Å². The molecule has 0 amide bonds. The van der Waals surface area contributed by atoms with Crippen molar-refractivity contribution in [2.75, 3.05) is 51.7 Å². The molecule has 8 rings (SSSR count). The summed E-state index contributed by atoms with van der Waals surface area (Å²) in [7, 11) is -0.764. The van der Waals surface area contributed by atoms with Gasteiger partial charge in [0.05, 0.1) is 28.6 Å². The number of hydrogen-bond acceptors (Lipinski definition) is 9. The number of anilines is 1. The van der Waals surface area contributed by atoms with Crippen LogP contribution in [-0.4, -0.2) is 98.5 Å². The highest BCUT2D eigenvalue weighted by atomic mass is 28.3. The molecule has 4 fully saturated rings. The van der Waals surface area contributed by atoms with Crippen LogP contribution < -0.4 is 14.4 Å². The first-order chi connectivity index (χ1) is 27.4. The first kappa shape index (κ1) is 39.8. The molecule has 9 nitrogen and oxygen atoms in total. The molecule has 4 atom stereocenters. The van der Waals surface area contributed by atoms with Crippen LogP contribution in [0.2, 0.25) is 16.6 Å². The quantitative estimate of drug-likeness (QED) is 0.0839. The minimum absolute atomic E-state index is 0.0245. The molecule has 2 aromatic heterocycles. The highest BCUT2D eigenvalue weighted by Crippen LogP contribution is 2.45. The van der Waals surface area contributed by atoms with E-state index in [2.05, 4.69) is 62.8 Å². The molecule has 0 unspecified atom stereocenters. The summed E-state index contributed by atoms with van der Waals surface area (Å²) in [5.74, 6) is 3.07. The van der Waals surface area contributed by atoms with Crippen LogP contribution in [0, 0.1) is 23.1 Å². The third-order valence-corrected chi connectivity index (χ3v) is 19.3. The molecule has 0 N–H and O–H groups in total. The molecule has 1 saturated carbocycles. The van der Waals surface area contributed by atoms with Gasteiger partial charge >= 0.3 is 6.01 Å². The van der Waals surface area contributed by atoms with Gasteiger partial charge < -0.3 is 23.8 Å². The van der Waals surface area contributed by atoms with E-state index < -0.39 is 31.4 Å². The van der Waals surface area contributed by atoms with E-state index in [1.165, 1.54) is 13.2 Å². The Morgan fingerprint density at radius 1 is 1.02 bits per heavy atom. The Hall–Kier alpha value is -3.96. The van der Waals surface area contributed by atoms with Crippen molar-refractivity contribution in [3.05, 3.63) is 47.7 Å². The van der Waals surface area contributed by atoms with Crippen LogP contribution in [0.5, 0.6) is 11.8 Å². The van der Waals surface area contributed by atoms with Gasteiger partial charge in [0.2, 0.25) is 0 Å². The molecule has 57 heavy (non-hydrogen) atoms. The number of halogens is 3. The summed E-state index contributed by atoms with van der Waals surface area (Å²) < 4.78 is 72.1. The van der Waals surface area contributed by atoms with Crippen molar-refractivity contribution in [2.45, 2.75) is 114 Å². The Labute approximate surface area is 334 Å². The molecule has 1 aliphatic carbocycles. The summed E-state index contributed by atoms with van der Waals surface area (Å²) in [4.78, 5) is 18.7. The number of pyridine rings is 1. The number of rotatable bonds is 11. The molecule has 0 bridgehead atoms. The number of benzene rings is 2. The number of ether oxygens (including phenoxy) is 4. The van der Waals surface area contributed by atoms with Gasteiger partial charge in [0, 0.05) is 50.4 Å². The number of fused-ring (bicyclic) bond motifs is 4. The van der Waals surface area contributed by atoms with E-state index in [1.807, 2.05) is 0 Å². The molecule has 304 valence electrons. The lowest BCUT2D eigenvalue weighted by Gasteiger charge is -2.38. The summed E-state index contributed by atoms with van der Waals surface area (Å²) in [6.07, 6.45) is 4.54. The van der Waals surface area contributed by atoms with Crippen LogP contribution in [-0.2, 0) is 9.47 Å². The molecular formula is C44H54F3N5O4Si. The largest absolute Gasteiger partial charge is 0.468 e. The van der Waals surface area contributed by atoms with Gasteiger partial charge in [-0.25, -0.2) is 13.2 Å². The van der Waals surface area contributed by atoms with Crippen LogP contribution >= 0.6 is 0 Å². The average molecular weight is 802 g/mol. The Kier molecular flexibility index (Phi) is 10.9. The SMILES string of the molecule is COCOc1cc(-c2ncc3c(N4CCCO[C@@H]5C[C@@H]54)nc(OC[C@@]45CCCN4C[C@H](F)C5)nc3c2F)c2c(C#C[Si](C(C)C)(C(C)C)C(C)C)c(F)ccc2c1. The maximum absolute atomic E-state index is 17.6. The first-order valence-electron chi connectivity index (χ1n) is 20.5. The molecule has 3 aliphatic heterocycles. The standard InChI is InChI=1S/C44H54F3N5O4Si/c1-26(2)57(27(3)4,28(5)6)17-12-32-35(46)11-10-29-18-31(56-25-53-7)19-33(38(29)32)40-39(47)41-34(22-48-40)42(52-15-9-16-54-37-20-36(37)52)50-43(49-41)55-24-44-13-8-14-51(44)23-30(45)21-44/h10-11,18-19,22,26-28,30,36-37H,8-9,13-16,20-21,23-25H2,1-7H3/t30-,36+,37-,44+/m1/s1. The maximum atomic E-state index is 17.6. The summed E-state index contributed by atoms with van der Waals surface area (Å²) in [5.41, 5.74) is 4.73. The lowest BCUT2D eigenvalue weighted by atomic mass is 9.95. The lowest BCUT2D eigenvalue weighted by molar-refractivity contribution is 0.0512. The van der Waals surface area contributed by atoms with Gasteiger partial charge in [-0.3, -0.25) is 9.88 Å². The second kappa shape index (κ2) is 15.7. The molecule has 4 aromatic rings. The zero-order valence-corrected chi connectivity index (χ0v) is 35.1. The minimum Gasteiger partial charge on any atom is -0.468 e. The van der Waals surface area contributed by atoms with Crippen molar-refractivity contribution < 1.29 is 32.1 Å². The van der Waals surface area contributed by atoms with Crippen LogP contribution in [0.1, 0.15) is 79.2 Å². The number of hydrogen-bond donors (Lipinski definition) is 0. The molecule has 2 aromatic carbocycles. The van der Waals surface area contributed by atoms with Crippen molar-refractivity contribution in [3.8, 4) is 34.5 Å². The third kappa shape index (κ3) is 7.14. The normalized spacial score (nSPS) is 23.6. The van der Waals surface area contributed by atoms with Crippen molar-refractivity contribution in [1.29, 1.82) is 0 Å². The van der Waals surface area contributed by atoms with Gasteiger partial charge in [-0.15, -0.1) is 5.54 Å². The fraction of sp³-hybridized carbons (Fsp3) is 0.568. The fourth-order valence-corrected chi connectivity index (χ4v) is 15.4. The molecule has 3 saturated heterocycles. The highest BCUT2D eigenvalue weighted by Gasteiger charge is 2.50. The predicted molar refractivity (Wildman–Crippen MR) is 219 cm³/mol. The Balaban J connectivity index is 1.31. The smallest absolute Gasteiger partial charge is 0.319 e. The van der Waals surface area contributed by atoms with Gasteiger partial charge in [-0.2, -0.15) is 9.97 Å². The number of aromatic nitrogens is 3. The number of methoxy groups -OCH3 is 1. The fourth-order valence-electron chi connectivity index (χ4n) is 10.2. The predicted octanol–water partition coefficient (Wildman–Crippen LogP) is 9.00. The monoisotopic (exact) mass is 801 g/mol. The first-order valence-corrected chi connectivity index (χ1v) is 22.8. The van der Waals surface area contributed by atoms with Gasteiger partial charge in [0.15, 0.2) is 12.6 Å². The van der Waals surface area contributed by atoms with E-state index >= 15 is 8.78 Å². The zero-order valence-electron chi connectivity index (χ0n) is 34.1. The van der Waals surface area contributed by atoms with E-state index in [0.717, 1.165) is 32.2 Å². The van der Waals surface area contributed by atoms with Crippen LogP contribution in [0.15, 0.2) is 30.5 Å². The summed E-state index contributed by atoms with van der Waals surface area (Å²) in [6, 6.07) is 6.64. The maximum Gasteiger partial charge on any atom is 0.319 e. The summed E-state index contributed by atoms with van der Waals surface area (Å²) >= 11 is 0. The van der Waals surface area contributed by atoms with Crippen molar-refractivity contribution in [2.24, 2.45) is 0 Å².